The van der Waals surface area contributed by atoms with Crippen LogP contribution in [0.5, 0.6) is 0 Å². The Bertz CT molecular complexity index is 386. The molecule has 7 heteroatoms. The molecule has 74 valence electrons. The van der Waals surface area contributed by atoms with Crippen molar-refractivity contribution >= 4 is 21.8 Å². The van der Waals surface area contributed by atoms with E-state index < -0.39 is 10.2 Å². The number of aromatic nitrogens is 1. The second-order valence-corrected chi connectivity index (χ2v) is 4.73. The van der Waals surface area contributed by atoms with E-state index in [9.17, 15) is 8.42 Å². The van der Waals surface area contributed by atoms with Crippen LogP contribution in [0.1, 0.15) is 5.69 Å². The van der Waals surface area contributed by atoms with E-state index >= 15 is 0 Å². The number of rotatable bonds is 3. The average Bonchev–Trinajstić information content (AvgIpc) is 2.33. The SMILES string of the molecule is CN(Cc1cc(Cl)c[nH]1)S(N)(=O)=O. The van der Waals surface area contributed by atoms with Gasteiger partial charge in [0, 0.05) is 18.9 Å². The van der Waals surface area contributed by atoms with Crippen molar-refractivity contribution in [2.75, 3.05) is 7.05 Å². The minimum absolute atomic E-state index is 0.186. The van der Waals surface area contributed by atoms with Gasteiger partial charge in [0.1, 0.15) is 0 Å². The quantitative estimate of drug-likeness (QED) is 0.773. The molecule has 0 radical (unpaired) electrons. The van der Waals surface area contributed by atoms with E-state index in [0.717, 1.165) is 4.31 Å². The Morgan fingerprint density at radius 3 is 2.69 bits per heavy atom. The summed E-state index contributed by atoms with van der Waals surface area (Å²) in [7, 11) is -2.23. The van der Waals surface area contributed by atoms with E-state index in [0.29, 0.717) is 10.7 Å². The van der Waals surface area contributed by atoms with E-state index in [4.69, 9.17) is 16.7 Å². The van der Waals surface area contributed by atoms with Crippen molar-refractivity contribution in [2.24, 2.45) is 5.14 Å². The van der Waals surface area contributed by atoms with Crippen LogP contribution in [0, 0.1) is 0 Å². The molecule has 0 aliphatic rings. The second kappa shape index (κ2) is 3.67. The summed E-state index contributed by atoms with van der Waals surface area (Å²) >= 11 is 5.63. The van der Waals surface area contributed by atoms with Crippen LogP contribution >= 0.6 is 11.6 Å². The van der Waals surface area contributed by atoms with E-state index in [1.807, 2.05) is 0 Å². The highest BCUT2D eigenvalue weighted by Gasteiger charge is 2.12. The maximum Gasteiger partial charge on any atom is 0.277 e. The number of hydrogen-bond donors (Lipinski definition) is 2. The van der Waals surface area contributed by atoms with Gasteiger partial charge in [-0.2, -0.15) is 12.7 Å². The normalized spacial score (nSPS) is 12.3. The van der Waals surface area contributed by atoms with Crippen LogP contribution < -0.4 is 5.14 Å². The Morgan fingerprint density at radius 2 is 2.31 bits per heavy atom. The molecule has 0 unspecified atom stereocenters. The molecule has 0 aliphatic heterocycles. The Morgan fingerprint density at radius 1 is 1.69 bits per heavy atom. The van der Waals surface area contributed by atoms with Gasteiger partial charge in [-0.3, -0.25) is 0 Å². The number of nitrogens with zero attached hydrogens (tertiary/aromatic N) is 1. The lowest BCUT2D eigenvalue weighted by atomic mass is 10.4. The fraction of sp³-hybridized carbons (Fsp3) is 0.333. The highest BCUT2D eigenvalue weighted by Crippen LogP contribution is 2.11. The molecule has 0 spiro atoms. The third-order valence-electron chi connectivity index (χ3n) is 1.54. The van der Waals surface area contributed by atoms with E-state index in [2.05, 4.69) is 4.98 Å². The topological polar surface area (TPSA) is 79.2 Å². The summed E-state index contributed by atoms with van der Waals surface area (Å²) in [4.78, 5) is 2.81. The summed E-state index contributed by atoms with van der Waals surface area (Å²) in [6.07, 6.45) is 1.58. The van der Waals surface area contributed by atoms with Crippen molar-refractivity contribution in [3.8, 4) is 0 Å². The molecule has 0 aromatic carbocycles. The van der Waals surface area contributed by atoms with Gasteiger partial charge < -0.3 is 4.98 Å². The number of halogens is 1. The Hall–Kier alpha value is -0.560. The molecule has 0 atom stereocenters. The maximum absolute atomic E-state index is 10.8. The molecule has 0 fully saturated rings. The third kappa shape index (κ3) is 3.00. The molecule has 1 aromatic heterocycles. The number of nitrogens with two attached hydrogens (primary N) is 1. The molecule has 0 saturated heterocycles. The van der Waals surface area contributed by atoms with Gasteiger partial charge in [-0.1, -0.05) is 11.6 Å². The zero-order valence-electron chi connectivity index (χ0n) is 6.99. The molecule has 0 aliphatic carbocycles. The number of aromatic amines is 1. The smallest absolute Gasteiger partial charge is 0.277 e. The van der Waals surface area contributed by atoms with Crippen molar-refractivity contribution in [3.63, 3.8) is 0 Å². The predicted molar refractivity (Wildman–Crippen MR) is 50.4 cm³/mol. The lowest BCUT2D eigenvalue weighted by Crippen LogP contribution is -2.32. The summed E-state index contributed by atoms with van der Waals surface area (Å²) in [6, 6.07) is 1.64. The molecule has 0 amide bonds. The van der Waals surface area contributed by atoms with Gasteiger partial charge in [0.2, 0.25) is 0 Å². The Labute approximate surface area is 81.7 Å². The summed E-state index contributed by atoms with van der Waals surface area (Å²) < 4.78 is 22.6. The minimum atomic E-state index is -3.62. The number of hydrogen-bond acceptors (Lipinski definition) is 2. The zero-order valence-corrected chi connectivity index (χ0v) is 8.56. The minimum Gasteiger partial charge on any atom is -0.363 e. The first-order chi connectivity index (χ1) is 5.89. The number of H-pyrrole nitrogens is 1. The van der Waals surface area contributed by atoms with E-state index in [1.165, 1.54) is 7.05 Å². The van der Waals surface area contributed by atoms with E-state index in [-0.39, 0.29) is 6.54 Å². The van der Waals surface area contributed by atoms with Crippen LogP contribution in [0.3, 0.4) is 0 Å². The van der Waals surface area contributed by atoms with Gasteiger partial charge in [0.05, 0.1) is 11.6 Å². The third-order valence-corrected chi connectivity index (χ3v) is 2.75. The van der Waals surface area contributed by atoms with Gasteiger partial charge in [-0.25, -0.2) is 5.14 Å². The molecule has 1 aromatic rings. The van der Waals surface area contributed by atoms with Crippen molar-refractivity contribution in [3.05, 3.63) is 23.0 Å². The first-order valence-corrected chi connectivity index (χ1v) is 5.34. The fourth-order valence-corrected chi connectivity index (χ4v) is 1.34. The first kappa shape index (κ1) is 10.5. The van der Waals surface area contributed by atoms with Crippen LogP contribution in [0.2, 0.25) is 5.02 Å². The van der Waals surface area contributed by atoms with Gasteiger partial charge in [0.25, 0.3) is 10.2 Å². The van der Waals surface area contributed by atoms with Crippen molar-refractivity contribution in [1.82, 2.24) is 9.29 Å². The summed E-state index contributed by atoms with van der Waals surface area (Å²) in [5, 5.41) is 5.42. The van der Waals surface area contributed by atoms with Crippen LogP contribution in [-0.4, -0.2) is 24.8 Å². The molecule has 0 saturated carbocycles. The molecular formula is C6H10ClN3O2S. The van der Waals surface area contributed by atoms with Crippen LogP contribution in [0.4, 0.5) is 0 Å². The van der Waals surface area contributed by atoms with Crippen molar-refractivity contribution < 1.29 is 8.42 Å². The summed E-state index contributed by atoms with van der Waals surface area (Å²) in [6.45, 7) is 0.186. The lowest BCUT2D eigenvalue weighted by Gasteiger charge is -2.11. The molecule has 3 N–H and O–H groups in total. The van der Waals surface area contributed by atoms with Gasteiger partial charge in [-0.05, 0) is 6.07 Å². The molecule has 0 bridgehead atoms. The average molecular weight is 224 g/mol. The first-order valence-electron chi connectivity index (χ1n) is 3.46. The molecule has 5 nitrogen and oxygen atoms in total. The lowest BCUT2D eigenvalue weighted by molar-refractivity contribution is 0.464. The molecular weight excluding hydrogens is 214 g/mol. The molecule has 1 heterocycles. The van der Waals surface area contributed by atoms with Crippen LogP contribution in [0.15, 0.2) is 12.3 Å². The Balaban J connectivity index is 2.71. The highest BCUT2D eigenvalue weighted by molar-refractivity contribution is 7.86. The highest BCUT2D eigenvalue weighted by atomic mass is 35.5. The van der Waals surface area contributed by atoms with Gasteiger partial charge >= 0.3 is 0 Å². The fourth-order valence-electron chi connectivity index (χ4n) is 0.833. The summed E-state index contributed by atoms with van der Waals surface area (Å²) in [5.74, 6) is 0. The second-order valence-electron chi connectivity index (χ2n) is 2.64. The van der Waals surface area contributed by atoms with Gasteiger partial charge in [-0.15, -0.1) is 0 Å². The maximum atomic E-state index is 10.8. The van der Waals surface area contributed by atoms with Crippen LogP contribution in [0.25, 0.3) is 0 Å². The van der Waals surface area contributed by atoms with Gasteiger partial charge in [0.15, 0.2) is 0 Å². The monoisotopic (exact) mass is 223 g/mol. The standard InChI is InChI=1S/C6H10ClN3O2S/c1-10(13(8,11)12)4-6-2-5(7)3-9-6/h2-3,9H,4H2,1H3,(H2,8,11,12). The van der Waals surface area contributed by atoms with Crippen molar-refractivity contribution in [1.29, 1.82) is 0 Å². The largest absolute Gasteiger partial charge is 0.363 e. The number of nitrogens with one attached hydrogen (secondary N) is 1. The van der Waals surface area contributed by atoms with Crippen molar-refractivity contribution in [2.45, 2.75) is 6.54 Å². The summed E-state index contributed by atoms with van der Waals surface area (Å²) in [5.41, 5.74) is 0.696. The predicted octanol–water partition coefficient (Wildman–Crippen LogP) is 0.303. The Kier molecular flexibility index (Phi) is 2.97. The van der Waals surface area contributed by atoms with Crippen LogP contribution in [-0.2, 0) is 16.8 Å². The zero-order chi connectivity index (χ0) is 10.1. The molecule has 1 rings (SSSR count). The molecule has 13 heavy (non-hydrogen) atoms. The van der Waals surface area contributed by atoms with E-state index in [1.54, 1.807) is 12.3 Å².